The van der Waals surface area contributed by atoms with Crippen LogP contribution in [-0.4, -0.2) is 82.2 Å². The quantitative estimate of drug-likeness (QED) is 0.183. The summed E-state index contributed by atoms with van der Waals surface area (Å²) in [4.78, 5) is 58.9. The van der Waals surface area contributed by atoms with Gasteiger partial charge in [0.1, 0.15) is 12.1 Å². The molecule has 0 aromatic carbocycles. The first-order valence-electron chi connectivity index (χ1n) is 14.2. The number of carboxylic acids is 1. The van der Waals surface area contributed by atoms with Crippen molar-refractivity contribution >= 4 is 70.7 Å². The molecule has 2 aromatic heterocycles. The molecule has 0 saturated carbocycles. The number of thiazole rings is 2. The number of hydrogen-bond acceptors (Lipinski definition) is 9. The number of rotatable bonds is 12. The van der Waals surface area contributed by atoms with Crippen molar-refractivity contribution in [3.8, 4) is 0 Å². The number of aromatic nitrogens is 2. The number of urea groups is 2. The molecule has 2 atom stereocenters. The number of amides is 4. The maximum atomic E-state index is 12.2. The van der Waals surface area contributed by atoms with Gasteiger partial charge in [0.05, 0.1) is 41.6 Å². The highest BCUT2D eigenvalue weighted by atomic mass is 127. The maximum Gasteiger partial charge on any atom is 0.328 e. The molecule has 12 nitrogen and oxygen atoms in total. The minimum atomic E-state index is -1.03. The van der Waals surface area contributed by atoms with Crippen LogP contribution >= 0.6 is 46.7 Å². The van der Waals surface area contributed by atoms with Crippen LogP contribution in [0, 0.1) is 11.8 Å². The molecule has 0 spiro atoms. The molecule has 0 aliphatic rings. The van der Waals surface area contributed by atoms with Crippen LogP contribution in [-0.2, 0) is 27.4 Å². The number of methoxy groups -OCH3 is 1. The van der Waals surface area contributed by atoms with E-state index in [9.17, 15) is 19.2 Å². The summed E-state index contributed by atoms with van der Waals surface area (Å²) >= 11 is 3.17. The third-order valence-electron chi connectivity index (χ3n) is 6.23. The van der Waals surface area contributed by atoms with Gasteiger partial charge >= 0.3 is 24.0 Å². The zero-order valence-electron chi connectivity index (χ0n) is 27.5. The summed E-state index contributed by atoms with van der Waals surface area (Å²) < 4.78 is 4.72. The van der Waals surface area contributed by atoms with Crippen molar-refractivity contribution in [2.45, 2.75) is 92.4 Å². The average Bonchev–Trinajstić information content (AvgIpc) is 3.59. The van der Waals surface area contributed by atoms with Gasteiger partial charge in [-0.3, -0.25) is 0 Å². The van der Waals surface area contributed by atoms with Crippen molar-refractivity contribution in [3.05, 3.63) is 32.2 Å². The van der Waals surface area contributed by atoms with Crippen molar-refractivity contribution in [1.29, 1.82) is 0 Å². The molecule has 2 rings (SSSR count). The molecule has 0 aliphatic heterocycles. The van der Waals surface area contributed by atoms with Crippen LogP contribution < -0.4 is 10.6 Å². The lowest BCUT2D eigenvalue weighted by Crippen LogP contribution is -2.49. The van der Waals surface area contributed by atoms with Gasteiger partial charge in [0.15, 0.2) is 0 Å². The summed E-state index contributed by atoms with van der Waals surface area (Å²) in [5.74, 6) is -0.943. The molecule has 15 heteroatoms. The van der Waals surface area contributed by atoms with Crippen LogP contribution in [0.3, 0.4) is 0 Å². The molecule has 44 heavy (non-hydrogen) atoms. The highest BCUT2D eigenvalue weighted by Gasteiger charge is 2.27. The lowest BCUT2D eigenvalue weighted by atomic mass is 10.1. The smallest absolute Gasteiger partial charge is 0.328 e. The number of halogens is 1. The standard InChI is InChI=1S/C15H25N3O3S.C14H23N3O3S.HI/c1-9(2)12(14(19)21-6)17-15(20)18(5)7-11-8-22-13(16-11)10(3)4;1-8(2)11(13(18)19)16-14(20)17(5)6-10-7-21-12(15-10)9(3)4;/h8-10,12H,7H2,1-6H3,(H,17,20);7-9,11H,6H2,1-5H3,(H,16,20)(H,18,19);1H/t12-;11-;/m00./s1. The zero-order valence-corrected chi connectivity index (χ0v) is 31.5. The first kappa shape index (κ1) is 41.5. The van der Waals surface area contributed by atoms with Crippen LogP contribution in [0.1, 0.15) is 88.6 Å². The van der Waals surface area contributed by atoms with Crippen molar-refractivity contribution in [2.24, 2.45) is 11.8 Å². The Bertz CT molecular complexity index is 1200. The molecular weight excluding hydrogens is 719 g/mol. The third kappa shape index (κ3) is 13.6. The minimum absolute atomic E-state index is 0. The fourth-order valence-electron chi connectivity index (χ4n) is 3.58. The van der Waals surface area contributed by atoms with E-state index in [0.29, 0.717) is 24.9 Å². The van der Waals surface area contributed by atoms with Gasteiger partial charge in [-0.25, -0.2) is 29.1 Å². The van der Waals surface area contributed by atoms with Crippen LogP contribution in [0.25, 0.3) is 0 Å². The Morgan fingerprint density at radius 3 is 1.41 bits per heavy atom. The van der Waals surface area contributed by atoms with Crippen molar-refractivity contribution < 1.29 is 29.0 Å². The number of aliphatic carboxylic acids is 1. The Morgan fingerprint density at radius 2 is 1.14 bits per heavy atom. The fraction of sp³-hybridized carbons (Fsp3) is 0.655. The van der Waals surface area contributed by atoms with Crippen LogP contribution in [0.4, 0.5) is 9.59 Å². The van der Waals surface area contributed by atoms with E-state index in [1.807, 2.05) is 24.6 Å². The highest BCUT2D eigenvalue weighted by Crippen LogP contribution is 2.21. The summed E-state index contributed by atoms with van der Waals surface area (Å²) in [5, 5.41) is 20.3. The molecule has 0 aliphatic carbocycles. The Kier molecular flexibility index (Phi) is 18.6. The molecule has 0 bridgehead atoms. The van der Waals surface area contributed by atoms with Gasteiger partial charge in [0.25, 0.3) is 0 Å². The number of carbonyl (C=O) groups excluding carboxylic acids is 3. The second-order valence-electron chi connectivity index (χ2n) is 11.6. The van der Waals surface area contributed by atoms with E-state index >= 15 is 0 Å². The van der Waals surface area contributed by atoms with Crippen molar-refractivity contribution in [2.75, 3.05) is 21.2 Å². The number of nitrogens with one attached hydrogen (secondary N) is 2. The molecule has 2 aromatic rings. The van der Waals surface area contributed by atoms with Gasteiger partial charge in [0.2, 0.25) is 0 Å². The van der Waals surface area contributed by atoms with Gasteiger partial charge in [-0.1, -0.05) is 55.4 Å². The van der Waals surface area contributed by atoms with Gasteiger partial charge in [-0.2, -0.15) is 0 Å². The van der Waals surface area contributed by atoms with Gasteiger partial charge in [-0.05, 0) is 11.8 Å². The normalized spacial score (nSPS) is 12.2. The van der Waals surface area contributed by atoms with E-state index in [-0.39, 0.29) is 41.8 Å². The molecule has 0 radical (unpaired) electrons. The number of carboxylic acid groups (broad SMARTS) is 1. The van der Waals surface area contributed by atoms with Gasteiger partial charge in [-0.15, -0.1) is 46.7 Å². The predicted octanol–water partition coefficient (Wildman–Crippen LogP) is 5.74. The van der Waals surface area contributed by atoms with Crippen molar-refractivity contribution in [3.63, 3.8) is 0 Å². The fourth-order valence-corrected chi connectivity index (χ4v) is 5.23. The number of ether oxygens (including phenoxy) is 1. The van der Waals surface area contributed by atoms with Crippen LogP contribution in [0.15, 0.2) is 10.8 Å². The zero-order chi connectivity index (χ0) is 33.0. The molecule has 0 fully saturated rings. The van der Waals surface area contributed by atoms with E-state index in [1.165, 1.54) is 16.9 Å². The number of hydrogen-bond donors (Lipinski definition) is 3. The lowest BCUT2D eigenvalue weighted by Gasteiger charge is -2.23. The summed E-state index contributed by atoms with van der Waals surface area (Å²) in [6.45, 7) is 16.3. The Hall–Kier alpha value is -2.53. The number of nitrogens with zero attached hydrogens (tertiary/aromatic N) is 4. The third-order valence-corrected chi connectivity index (χ3v) is 8.62. The minimum Gasteiger partial charge on any atom is -0.480 e. The largest absolute Gasteiger partial charge is 0.480 e. The van der Waals surface area contributed by atoms with E-state index < -0.39 is 30.1 Å². The molecule has 0 saturated heterocycles. The summed E-state index contributed by atoms with van der Waals surface area (Å²) in [7, 11) is 4.62. The first-order chi connectivity index (χ1) is 20.0. The highest BCUT2D eigenvalue weighted by molar-refractivity contribution is 14.0. The van der Waals surface area contributed by atoms with Crippen LogP contribution in [0.5, 0.6) is 0 Å². The first-order valence-corrected chi connectivity index (χ1v) is 16.0. The molecular formula is C29H49IN6O6S2. The predicted molar refractivity (Wildman–Crippen MR) is 185 cm³/mol. The summed E-state index contributed by atoms with van der Waals surface area (Å²) in [5.41, 5.74) is 1.67. The SMILES string of the molecule is CC(C)c1nc(CN(C)C(=O)N[C@H](C(=O)O)C(C)C)cs1.COC(=O)[C@@H](NC(=O)N(C)Cc1csc(C(C)C)n1)C(C)C.I. The molecule has 3 N–H and O–H groups in total. The second-order valence-corrected chi connectivity index (χ2v) is 13.4. The molecule has 2 heterocycles. The second kappa shape index (κ2) is 19.8. The topological polar surface area (TPSA) is 154 Å². The Labute approximate surface area is 286 Å². The molecule has 0 unspecified atom stereocenters. The maximum absolute atomic E-state index is 12.2. The average molecular weight is 769 g/mol. The Morgan fingerprint density at radius 1 is 0.773 bits per heavy atom. The monoisotopic (exact) mass is 768 g/mol. The number of esters is 1. The van der Waals surface area contributed by atoms with Crippen LogP contribution in [0.2, 0.25) is 0 Å². The Balaban J connectivity index is 0.000000823. The molecule has 4 amide bonds. The van der Waals surface area contributed by atoms with E-state index in [1.54, 1.807) is 50.6 Å². The summed E-state index contributed by atoms with van der Waals surface area (Å²) in [6.07, 6.45) is 0. The van der Waals surface area contributed by atoms with Gasteiger partial charge in [0, 0.05) is 36.7 Å². The van der Waals surface area contributed by atoms with E-state index in [4.69, 9.17) is 9.84 Å². The van der Waals surface area contributed by atoms with E-state index in [0.717, 1.165) is 21.4 Å². The number of carbonyl (C=O) groups is 4. The lowest BCUT2D eigenvalue weighted by molar-refractivity contribution is -0.144. The van der Waals surface area contributed by atoms with Crippen molar-refractivity contribution in [1.82, 2.24) is 30.4 Å². The van der Waals surface area contributed by atoms with Gasteiger partial charge < -0.3 is 30.3 Å². The summed E-state index contributed by atoms with van der Waals surface area (Å²) in [6, 6.07) is -2.26. The van der Waals surface area contributed by atoms with E-state index in [2.05, 4.69) is 48.3 Å². The molecule has 250 valence electrons.